The van der Waals surface area contributed by atoms with Crippen LogP contribution in [0.5, 0.6) is 0 Å². The molecule has 0 aliphatic carbocycles. The van der Waals surface area contributed by atoms with Gasteiger partial charge >= 0.3 is 0 Å². The number of nitrogens with zero attached hydrogens (tertiary/aromatic N) is 2. The Labute approximate surface area is 96.8 Å². The molecule has 1 aromatic rings. The van der Waals surface area contributed by atoms with E-state index in [0.717, 1.165) is 18.9 Å². The van der Waals surface area contributed by atoms with E-state index < -0.39 is 0 Å². The lowest BCUT2D eigenvalue weighted by Gasteiger charge is -2.10. The van der Waals surface area contributed by atoms with E-state index in [2.05, 4.69) is 14.9 Å². The van der Waals surface area contributed by atoms with Crippen molar-refractivity contribution in [3.8, 4) is 0 Å². The van der Waals surface area contributed by atoms with Gasteiger partial charge in [0.1, 0.15) is 5.82 Å². The van der Waals surface area contributed by atoms with Gasteiger partial charge in [0.25, 0.3) is 0 Å². The van der Waals surface area contributed by atoms with Crippen LogP contribution in [0.2, 0.25) is 0 Å². The van der Waals surface area contributed by atoms with E-state index in [4.69, 9.17) is 9.47 Å². The van der Waals surface area contributed by atoms with Crippen LogP contribution in [-0.2, 0) is 22.6 Å². The summed E-state index contributed by atoms with van der Waals surface area (Å²) in [6, 6.07) is 0. The Morgan fingerprint density at radius 3 is 2.88 bits per heavy atom. The molecular weight excluding hydrogens is 206 g/mol. The summed E-state index contributed by atoms with van der Waals surface area (Å²) in [6.07, 6.45) is 1.90. The van der Waals surface area contributed by atoms with Gasteiger partial charge in [0.05, 0.1) is 25.5 Å². The van der Waals surface area contributed by atoms with Crippen molar-refractivity contribution in [2.75, 3.05) is 34.0 Å². The first-order valence-electron chi connectivity index (χ1n) is 5.52. The van der Waals surface area contributed by atoms with Crippen LogP contribution in [0.25, 0.3) is 0 Å². The molecule has 0 atom stereocenters. The molecule has 0 bridgehead atoms. The van der Waals surface area contributed by atoms with Crippen molar-refractivity contribution >= 4 is 0 Å². The summed E-state index contributed by atoms with van der Waals surface area (Å²) >= 11 is 0. The van der Waals surface area contributed by atoms with Crippen LogP contribution in [0.3, 0.4) is 0 Å². The Morgan fingerprint density at radius 2 is 2.19 bits per heavy atom. The number of methoxy groups -OCH3 is 1. The summed E-state index contributed by atoms with van der Waals surface area (Å²) in [6.45, 7) is 5.66. The molecule has 1 aromatic heterocycles. The summed E-state index contributed by atoms with van der Waals surface area (Å²) in [5.41, 5.74) is 1.19. The van der Waals surface area contributed by atoms with Gasteiger partial charge in [-0.2, -0.15) is 0 Å². The van der Waals surface area contributed by atoms with Crippen LogP contribution in [0.1, 0.15) is 11.5 Å². The SMILES string of the molecule is CNCc1cnc(C)n1CCOCCOC. The molecule has 5 heteroatoms. The number of ether oxygens (including phenoxy) is 2. The maximum atomic E-state index is 5.44. The van der Waals surface area contributed by atoms with Crippen molar-refractivity contribution in [1.82, 2.24) is 14.9 Å². The van der Waals surface area contributed by atoms with Gasteiger partial charge in [0.2, 0.25) is 0 Å². The Hall–Kier alpha value is -0.910. The fraction of sp³-hybridized carbons (Fsp3) is 0.727. The Balaban J connectivity index is 2.36. The molecule has 0 aromatic carbocycles. The molecule has 0 aliphatic rings. The minimum atomic E-state index is 0.644. The number of rotatable bonds is 8. The van der Waals surface area contributed by atoms with Crippen LogP contribution >= 0.6 is 0 Å². The number of imidazole rings is 1. The Morgan fingerprint density at radius 1 is 1.38 bits per heavy atom. The standard InChI is InChI=1S/C11H21N3O2/c1-10-13-9-11(8-12-2)14(10)4-5-16-7-6-15-3/h9,12H,4-8H2,1-3H3. The third kappa shape index (κ3) is 3.92. The van der Waals surface area contributed by atoms with Crippen LogP contribution in [0.15, 0.2) is 6.20 Å². The topological polar surface area (TPSA) is 48.3 Å². The summed E-state index contributed by atoms with van der Waals surface area (Å²) in [5.74, 6) is 1.03. The smallest absolute Gasteiger partial charge is 0.105 e. The summed E-state index contributed by atoms with van der Waals surface area (Å²) in [4.78, 5) is 4.29. The second-order valence-electron chi connectivity index (χ2n) is 3.58. The summed E-state index contributed by atoms with van der Waals surface area (Å²) < 4.78 is 12.5. The zero-order chi connectivity index (χ0) is 11.8. The largest absolute Gasteiger partial charge is 0.382 e. The number of aryl methyl sites for hydroxylation is 1. The first kappa shape index (κ1) is 13.2. The molecule has 16 heavy (non-hydrogen) atoms. The molecular formula is C11H21N3O2. The predicted octanol–water partition coefficient (Wildman–Crippen LogP) is 0.574. The maximum Gasteiger partial charge on any atom is 0.105 e. The average Bonchev–Trinajstić information content (AvgIpc) is 2.61. The number of hydrogen-bond donors (Lipinski definition) is 1. The van der Waals surface area contributed by atoms with E-state index in [0.29, 0.717) is 19.8 Å². The van der Waals surface area contributed by atoms with Gasteiger partial charge in [-0.25, -0.2) is 4.98 Å². The lowest BCUT2D eigenvalue weighted by atomic mass is 10.4. The second-order valence-corrected chi connectivity index (χ2v) is 3.58. The predicted molar refractivity (Wildman–Crippen MR) is 62.4 cm³/mol. The first-order chi connectivity index (χ1) is 7.79. The minimum Gasteiger partial charge on any atom is -0.382 e. The maximum absolute atomic E-state index is 5.44. The van der Waals surface area contributed by atoms with Gasteiger partial charge in [0.15, 0.2) is 0 Å². The molecule has 0 saturated heterocycles. The van der Waals surface area contributed by atoms with E-state index in [1.54, 1.807) is 7.11 Å². The van der Waals surface area contributed by atoms with Crippen molar-refractivity contribution in [2.24, 2.45) is 0 Å². The van der Waals surface area contributed by atoms with Crippen molar-refractivity contribution in [1.29, 1.82) is 0 Å². The van der Waals surface area contributed by atoms with Crippen LogP contribution < -0.4 is 5.32 Å². The molecule has 0 fully saturated rings. The quantitative estimate of drug-likeness (QED) is 0.660. The second kappa shape index (κ2) is 7.38. The zero-order valence-electron chi connectivity index (χ0n) is 10.3. The van der Waals surface area contributed by atoms with Crippen LogP contribution in [-0.4, -0.2) is 43.5 Å². The van der Waals surface area contributed by atoms with E-state index in [9.17, 15) is 0 Å². The molecule has 0 unspecified atom stereocenters. The molecule has 92 valence electrons. The van der Waals surface area contributed by atoms with Gasteiger partial charge in [-0.3, -0.25) is 0 Å². The molecule has 1 N–H and O–H groups in total. The number of nitrogens with one attached hydrogen (secondary N) is 1. The van der Waals surface area contributed by atoms with E-state index in [1.165, 1.54) is 5.69 Å². The number of hydrogen-bond acceptors (Lipinski definition) is 4. The highest BCUT2D eigenvalue weighted by molar-refractivity contribution is 5.04. The molecule has 5 nitrogen and oxygen atoms in total. The zero-order valence-corrected chi connectivity index (χ0v) is 10.3. The van der Waals surface area contributed by atoms with E-state index in [1.807, 2.05) is 20.2 Å². The monoisotopic (exact) mass is 227 g/mol. The molecule has 1 heterocycles. The van der Waals surface area contributed by atoms with Crippen molar-refractivity contribution < 1.29 is 9.47 Å². The average molecular weight is 227 g/mol. The minimum absolute atomic E-state index is 0.644. The number of aromatic nitrogens is 2. The first-order valence-corrected chi connectivity index (χ1v) is 5.52. The van der Waals surface area contributed by atoms with Crippen molar-refractivity contribution in [3.05, 3.63) is 17.7 Å². The van der Waals surface area contributed by atoms with Gasteiger partial charge in [-0.15, -0.1) is 0 Å². The highest BCUT2D eigenvalue weighted by atomic mass is 16.5. The van der Waals surface area contributed by atoms with Crippen LogP contribution in [0.4, 0.5) is 0 Å². The normalized spacial score (nSPS) is 10.9. The van der Waals surface area contributed by atoms with Gasteiger partial charge in [-0.05, 0) is 14.0 Å². The van der Waals surface area contributed by atoms with E-state index >= 15 is 0 Å². The fourth-order valence-corrected chi connectivity index (χ4v) is 1.54. The molecule has 0 aliphatic heterocycles. The highest BCUT2D eigenvalue weighted by Gasteiger charge is 2.04. The summed E-state index contributed by atoms with van der Waals surface area (Å²) in [5, 5.41) is 3.13. The van der Waals surface area contributed by atoms with E-state index in [-0.39, 0.29) is 0 Å². The lowest BCUT2D eigenvalue weighted by Crippen LogP contribution is -2.15. The fourth-order valence-electron chi connectivity index (χ4n) is 1.54. The third-order valence-corrected chi connectivity index (χ3v) is 2.39. The molecule has 0 amide bonds. The third-order valence-electron chi connectivity index (χ3n) is 2.39. The van der Waals surface area contributed by atoms with Crippen molar-refractivity contribution in [2.45, 2.75) is 20.0 Å². The molecule has 0 saturated carbocycles. The Bertz CT molecular complexity index is 299. The molecule has 0 spiro atoms. The highest BCUT2D eigenvalue weighted by Crippen LogP contribution is 2.04. The lowest BCUT2D eigenvalue weighted by molar-refractivity contribution is 0.0661. The van der Waals surface area contributed by atoms with Gasteiger partial charge in [-0.1, -0.05) is 0 Å². The van der Waals surface area contributed by atoms with Gasteiger partial charge < -0.3 is 19.4 Å². The van der Waals surface area contributed by atoms with Crippen molar-refractivity contribution in [3.63, 3.8) is 0 Å². The Kier molecular flexibility index (Phi) is 6.07. The summed E-state index contributed by atoms with van der Waals surface area (Å²) in [7, 11) is 3.61. The molecule has 1 rings (SSSR count). The van der Waals surface area contributed by atoms with Gasteiger partial charge in [0, 0.05) is 26.4 Å². The van der Waals surface area contributed by atoms with Crippen LogP contribution in [0, 0.1) is 6.92 Å². The molecule has 0 radical (unpaired) electrons.